The molecule has 0 aliphatic carbocycles. The molecule has 3 heteroatoms. The maximum absolute atomic E-state index is 10.6. The molecule has 16 heavy (non-hydrogen) atoms. The summed E-state index contributed by atoms with van der Waals surface area (Å²) in [6, 6.07) is 6.93. The molecule has 2 nitrogen and oxygen atoms in total. The summed E-state index contributed by atoms with van der Waals surface area (Å²) < 4.78 is 4.94. The van der Waals surface area contributed by atoms with Crippen LogP contribution in [0.25, 0.3) is 6.08 Å². The highest BCUT2D eigenvalue weighted by Crippen LogP contribution is 2.07. The summed E-state index contributed by atoms with van der Waals surface area (Å²) in [4.78, 5) is 10.6. The van der Waals surface area contributed by atoms with Crippen LogP contribution < -0.4 is 0 Å². The monoisotopic (exact) mass is 238 g/mol. The fraction of sp³-hybridized carbons (Fsp3) is 0.308. The van der Waals surface area contributed by atoms with Gasteiger partial charge in [-0.25, -0.2) is 0 Å². The van der Waals surface area contributed by atoms with Crippen molar-refractivity contribution in [2.75, 3.05) is 13.2 Å². The van der Waals surface area contributed by atoms with Gasteiger partial charge >= 0.3 is 0 Å². The summed E-state index contributed by atoms with van der Waals surface area (Å²) in [7, 11) is 0. The Hall–Kier alpha value is -1.12. The summed E-state index contributed by atoms with van der Waals surface area (Å²) in [6.07, 6.45) is 4.27. The van der Waals surface area contributed by atoms with Crippen molar-refractivity contribution in [2.45, 2.75) is 12.8 Å². The number of benzene rings is 1. The Bertz CT molecular complexity index is 332. The molecular weight excluding hydrogens is 224 g/mol. The lowest BCUT2D eigenvalue weighted by Gasteiger charge is -1.93. The zero-order valence-corrected chi connectivity index (χ0v) is 9.87. The SMILES string of the molecule is C1CCOC1.C=Cc1ccc(C(=O)Cl)cc1. The molecular formula is C13H15ClO2. The summed E-state index contributed by atoms with van der Waals surface area (Å²) >= 11 is 5.23. The van der Waals surface area contributed by atoms with Gasteiger partial charge in [0.25, 0.3) is 5.24 Å². The lowest BCUT2D eigenvalue weighted by Crippen LogP contribution is -1.86. The number of hydrogen-bond acceptors (Lipinski definition) is 2. The van der Waals surface area contributed by atoms with Crippen LogP contribution in [0.2, 0.25) is 0 Å². The van der Waals surface area contributed by atoms with E-state index in [1.807, 2.05) is 0 Å². The van der Waals surface area contributed by atoms with Crippen molar-refractivity contribution in [3.63, 3.8) is 0 Å². The Morgan fingerprint density at radius 2 is 1.81 bits per heavy atom. The van der Waals surface area contributed by atoms with Gasteiger partial charge in [0.2, 0.25) is 0 Å². The summed E-state index contributed by atoms with van der Waals surface area (Å²) in [5, 5.41) is -0.430. The standard InChI is InChI=1S/C9H7ClO.C4H8O/c1-2-7-3-5-8(6-4-7)9(10)11;1-2-4-5-3-1/h2-6H,1H2;1-4H2. The van der Waals surface area contributed by atoms with Crippen molar-refractivity contribution in [2.24, 2.45) is 0 Å². The number of hydrogen-bond donors (Lipinski definition) is 0. The predicted molar refractivity (Wildman–Crippen MR) is 66.8 cm³/mol. The van der Waals surface area contributed by atoms with Crippen LogP contribution in [0.1, 0.15) is 28.8 Å². The average Bonchev–Trinajstić information content (AvgIpc) is 2.88. The van der Waals surface area contributed by atoms with E-state index in [4.69, 9.17) is 16.3 Å². The highest BCUT2D eigenvalue weighted by molar-refractivity contribution is 6.67. The third kappa shape index (κ3) is 4.60. The van der Waals surface area contributed by atoms with Gasteiger partial charge in [-0.2, -0.15) is 0 Å². The highest BCUT2D eigenvalue weighted by Gasteiger charge is 1.98. The molecule has 1 aromatic rings. The van der Waals surface area contributed by atoms with E-state index in [1.165, 1.54) is 12.8 Å². The second kappa shape index (κ2) is 7.20. The fourth-order valence-electron chi connectivity index (χ4n) is 1.26. The summed E-state index contributed by atoms with van der Waals surface area (Å²) in [6.45, 7) is 5.59. The first-order valence-electron chi connectivity index (χ1n) is 5.24. The largest absolute Gasteiger partial charge is 0.381 e. The molecule has 0 unspecified atom stereocenters. The van der Waals surface area contributed by atoms with Crippen LogP contribution in [0.4, 0.5) is 0 Å². The number of carbonyl (C=O) groups is 1. The van der Waals surface area contributed by atoms with Gasteiger partial charge in [-0.05, 0) is 42.1 Å². The molecule has 0 radical (unpaired) electrons. The summed E-state index contributed by atoms with van der Waals surface area (Å²) in [5.41, 5.74) is 1.49. The van der Waals surface area contributed by atoms with E-state index in [-0.39, 0.29) is 0 Å². The lowest BCUT2D eigenvalue weighted by atomic mass is 10.1. The molecule has 1 aromatic carbocycles. The fourth-order valence-corrected chi connectivity index (χ4v) is 1.39. The van der Waals surface area contributed by atoms with Gasteiger partial charge in [-0.1, -0.05) is 24.8 Å². The van der Waals surface area contributed by atoms with Gasteiger partial charge in [0.05, 0.1) is 0 Å². The first-order valence-corrected chi connectivity index (χ1v) is 5.62. The van der Waals surface area contributed by atoms with E-state index in [1.54, 1.807) is 30.3 Å². The molecule has 0 bridgehead atoms. The van der Waals surface area contributed by atoms with Crippen molar-refractivity contribution in [3.05, 3.63) is 42.0 Å². The Morgan fingerprint density at radius 3 is 2.12 bits per heavy atom. The minimum Gasteiger partial charge on any atom is -0.381 e. The predicted octanol–water partition coefficient (Wildman–Crippen LogP) is 3.51. The van der Waals surface area contributed by atoms with Gasteiger partial charge in [-0.15, -0.1) is 0 Å². The van der Waals surface area contributed by atoms with Crippen LogP contribution in [0.5, 0.6) is 0 Å². The van der Waals surface area contributed by atoms with Crippen molar-refractivity contribution < 1.29 is 9.53 Å². The first-order chi connectivity index (χ1) is 7.74. The van der Waals surface area contributed by atoms with Crippen LogP contribution in [0.15, 0.2) is 30.8 Å². The van der Waals surface area contributed by atoms with Crippen LogP contribution >= 0.6 is 11.6 Å². The van der Waals surface area contributed by atoms with Gasteiger partial charge in [0.15, 0.2) is 0 Å². The minimum atomic E-state index is -0.430. The Balaban J connectivity index is 0.000000212. The van der Waals surface area contributed by atoms with Crippen LogP contribution in [-0.4, -0.2) is 18.5 Å². The number of carbonyl (C=O) groups excluding carboxylic acids is 1. The van der Waals surface area contributed by atoms with Gasteiger partial charge in [-0.3, -0.25) is 4.79 Å². The topological polar surface area (TPSA) is 26.3 Å². The van der Waals surface area contributed by atoms with Crippen molar-refractivity contribution in [3.8, 4) is 0 Å². The van der Waals surface area contributed by atoms with Crippen molar-refractivity contribution >= 4 is 22.9 Å². The van der Waals surface area contributed by atoms with E-state index < -0.39 is 5.24 Å². The zero-order chi connectivity index (χ0) is 11.8. The highest BCUT2D eigenvalue weighted by atomic mass is 35.5. The molecule has 86 valence electrons. The third-order valence-corrected chi connectivity index (χ3v) is 2.42. The number of ether oxygens (including phenoxy) is 1. The maximum Gasteiger partial charge on any atom is 0.252 e. The maximum atomic E-state index is 10.6. The second-order valence-corrected chi connectivity index (χ2v) is 3.76. The average molecular weight is 239 g/mol. The quantitative estimate of drug-likeness (QED) is 0.737. The van der Waals surface area contributed by atoms with E-state index in [0.717, 1.165) is 18.8 Å². The molecule has 1 saturated heterocycles. The van der Waals surface area contributed by atoms with Gasteiger partial charge in [0, 0.05) is 18.8 Å². The number of halogens is 1. The molecule has 1 fully saturated rings. The normalized spacial score (nSPS) is 13.8. The zero-order valence-electron chi connectivity index (χ0n) is 9.12. The van der Waals surface area contributed by atoms with E-state index in [9.17, 15) is 4.79 Å². The molecule has 0 spiro atoms. The van der Waals surface area contributed by atoms with Gasteiger partial charge < -0.3 is 4.74 Å². The molecule has 0 aromatic heterocycles. The molecule has 1 heterocycles. The van der Waals surface area contributed by atoms with Gasteiger partial charge in [0.1, 0.15) is 0 Å². The van der Waals surface area contributed by atoms with E-state index >= 15 is 0 Å². The summed E-state index contributed by atoms with van der Waals surface area (Å²) in [5.74, 6) is 0. The lowest BCUT2D eigenvalue weighted by molar-refractivity contribution is 0.108. The smallest absolute Gasteiger partial charge is 0.252 e. The molecule has 1 aliphatic heterocycles. The molecule has 0 amide bonds. The first kappa shape index (κ1) is 12.9. The Morgan fingerprint density at radius 1 is 1.25 bits per heavy atom. The van der Waals surface area contributed by atoms with Crippen molar-refractivity contribution in [1.29, 1.82) is 0 Å². The van der Waals surface area contributed by atoms with Crippen LogP contribution in [0, 0.1) is 0 Å². The van der Waals surface area contributed by atoms with Crippen molar-refractivity contribution in [1.82, 2.24) is 0 Å². The Kier molecular flexibility index (Phi) is 5.83. The van der Waals surface area contributed by atoms with E-state index in [2.05, 4.69) is 6.58 Å². The molecule has 0 N–H and O–H groups in total. The van der Waals surface area contributed by atoms with E-state index in [0.29, 0.717) is 5.56 Å². The minimum absolute atomic E-state index is 0.430. The van der Waals surface area contributed by atoms with Crippen LogP contribution in [0.3, 0.4) is 0 Å². The second-order valence-electron chi connectivity index (χ2n) is 3.42. The molecule has 0 saturated carbocycles. The molecule has 1 aliphatic rings. The molecule has 2 rings (SSSR count). The third-order valence-electron chi connectivity index (χ3n) is 2.20. The number of rotatable bonds is 2. The van der Waals surface area contributed by atoms with Crippen LogP contribution in [-0.2, 0) is 4.74 Å². The Labute approximate surface area is 101 Å². The molecule has 0 atom stereocenters.